The maximum Gasteiger partial charge on any atom is 0.194 e. The predicted octanol–water partition coefficient (Wildman–Crippen LogP) is 6.07. The van der Waals surface area contributed by atoms with Crippen LogP contribution in [0.2, 0.25) is 0 Å². The predicted molar refractivity (Wildman–Crippen MR) is 119 cm³/mol. The molecule has 8 heteroatoms. The van der Waals surface area contributed by atoms with Crippen molar-refractivity contribution < 1.29 is 17.6 Å². The molecule has 4 rings (SSSR count). The van der Waals surface area contributed by atoms with Crippen LogP contribution < -0.4 is 5.73 Å². The lowest BCUT2D eigenvalue weighted by Crippen LogP contribution is -2.43. The van der Waals surface area contributed by atoms with Gasteiger partial charge in [0.15, 0.2) is 17.5 Å². The zero-order valence-corrected chi connectivity index (χ0v) is 17.9. The molecular formula is C24H21F4N3S. The van der Waals surface area contributed by atoms with E-state index in [4.69, 9.17) is 5.73 Å². The molecule has 166 valence electrons. The quantitative estimate of drug-likeness (QED) is 0.261. The van der Waals surface area contributed by atoms with E-state index in [9.17, 15) is 17.6 Å². The van der Waals surface area contributed by atoms with E-state index >= 15 is 0 Å². The first kappa shape index (κ1) is 22.4. The zero-order valence-electron chi connectivity index (χ0n) is 17.1. The Bertz CT molecular complexity index is 1120. The van der Waals surface area contributed by atoms with Gasteiger partial charge in [0.05, 0.1) is 11.4 Å². The Morgan fingerprint density at radius 3 is 2.41 bits per heavy atom. The summed E-state index contributed by atoms with van der Waals surface area (Å²) in [7, 11) is 0. The molecule has 0 bridgehead atoms. The Morgan fingerprint density at radius 2 is 1.78 bits per heavy atom. The van der Waals surface area contributed by atoms with E-state index in [1.165, 1.54) is 30.3 Å². The fraction of sp³-hybridized carbons (Fsp3) is 0.208. The van der Waals surface area contributed by atoms with E-state index in [0.29, 0.717) is 31.6 Å². The lowest BCUT2D eigenvalue weighted by atomic mass is 9.67. The molecule has 0 spiro atoms. The highest BCUT2D eigenvalue weighted by molar-refractivity contribution is 7.97. The largest absolute Gasteiger partial charge is 0.404 e. The number of hydrogen-bond acceptors (Lipinski definition) is 4. The molecule has 2 aromatic rings. The van der Waals surface area contributed by atoms with Crippen molar-refractivity contribution in [1.29, 1.82) is 0 Å². The first-order chi connectivity index (χ1) is 15.3. The molecule has 1 heterocycles. The first-order valence-electron chi connectivity index (χ1n) is 10.0. The molecule has 1 saturated heterocycles. The van der Waals surface area contributed by atoms with Gasteiger partial charge in [-0.3, -0.25) is 0 Å². The van der Waals surface area contributed by atoms with Gasteiger partial charge in [0.25, 0.3) is 0 Å². The molecule has 1 aliphatic carbocycles. The summed E-state index contributed by atoms with van der Waals surface area (Å²) in [6.07, 6.45) is 6.62. The maximum atomic E-state index is 13.6. The number of nitrogens with two attached hydrogens (primary N) is 1. The first-order valence-corrected chi connectivity index (χ1v) is 10.8. The van der Waals surface area contributed by atoms with E-state index in [-0.39, 0.29) is 10.7 Å². The molecule has 1 atom stereocenters. The van der Waals surface area contributed by atoms with Crippen LogP contribution in [-0.2, 0) is 0 Å². The SMILES string of the molecule is C=CC12CC(=CN)C(=Nc3ccc(F)cc3)C=C1CCN(Sc1cc(F)c(F)c(F)c1)C2. The molecule has 1 unspecified atom stereocenters. The smallest absolute Gasteiger partial charge is 0.194 e. The minimum Gasteiger partial charge on any atom is -0.404 e. The van der Waals surface area contributed by atoms with Crippen LogP contribution >= 0.6 is 11.9 Å². The minimum absolute atomic E-state index is 0.289. The van der Waals surface area contributed by atoms with E-state index in [1.54, 1.807) is 12.1 Å². The van der Waals surface area contributed by atoms with Gasteiger partial charge in [-0.1, -0.05) is 11.6 Å². The van der Waals surface area contributed by atoms with Crippen molar-refractivity contribution in [2.24, 2.45) is 16.1 Å². The Kier molecular flexibility index (Phi) is 6.26. The summed E-state index contributed by atoms with van der Waals surface area (Å²) >= 11 is 1.18. The lowest BCUT2D eigenvalue weighted by Gasteiger charge is -2.45. The minimum atomic E-state index is -1.47. The van der Waals surface area contributed by atoms with Crippen molar-refractivity contribution in [1.82, 2.24) is 4.31 Å². The highest BCUT2D eigenvalue weighted by Crippen LogP contribution is 2.47. The lowest BCUT2D eigenvalue weighted by molar-refractivity contribution is 0.278. The number of allylic oxidation sites excluding steroid dienone is 2. The third kappa shape index (κ3) is 4.38. The van der Waals surface area contributed by atoms with Crippen molar-refractivity contribution in [3.8, 4) is 0 Å². The second-order valence-electron chi connectivity index (χ2n) is 7.78. The number of halogens is 4. The zero-order chi connectivity index (χ0) is 22.9. The third-order valence-electron chi connectivity index (χ3n) is 5.73. The third-order valence-corrected chi connectivity index (χ3v) is 6.75. The fourth-order valence-corrected chi connectivity index (χ4v) is 5.13. The molecule has 2 N–H and O–H groups in total. The van der Waals surface area contributed by atoms with Crippen LogP contribution in [0.3, 0.4) is 0 Å². The monoisotopic (exact) mass is 459 g/mol. The molecule has 3 nitrogen and oxygen atoms in total. The standard InChI is InChI=1S/C24H21F4N3S/c1-2-24-12-15(13-29)22(30-18-5-3-17(25)4-6-18)9-16(24)7-8-31(14-24)32-19-10-20(26)23(28)21(27)11-19/h2-6,9-11,13H,1,7-8,12,14,29H2. The number of rotatable bonds is 4. The van der Waals surface area contributed by atoms with Crippen LogP contribution in [0.1, 0.15) is 12.8 Å². The van der Waals surface area contributed by atoms with Crippen molar-refractivity contribution >= 4 is 23.3 Å². The van der Waals surface area contributed by atoms with E-state index in [1.807, 2.05) is 16.5 Å². The summed E-state index contributed by atoms with van der Waals surface area (Å²) < 4.78 is 55.7. The molecule has 0 radical (unpaired) electrons. The highest BCUT2D eigenvalue weighted by atomic mass is 32.2. The Morgan fingerprint density at radius 1 is 1.09 bits per heavy atom. The van der Waals surface area contributed by atoms with Crippen molar-refractivity contribution in [3.63, 3.8) is 0 Å². The molecular weight excluding hydrogens is 438 g/mol. The Hall–Kier alpha value is -2.84. The molecule has 0 saturated carbocycles. The summed E-state index contributed by atoms with van der Waals surface area (Å²) in [6, 6.07) is 7.90. The van der Waals surface area contributed by atoms with Gasteiger partial charge in [-0.15, -0.1) is 6.58 Å². The van der Waals surface area contributed by atoms with Gasteiger partial charge in [-0.2, -0.15) is 0 Å². The van der Waals surface area contributed by atoms with Gasteiger partial charge in [-0.05, 0) is 79.0 Å². The van der Waals surface area contributed by atoms with E-state index < -0.39 is 22.9 Å². The number of nitrogens with zero attached hydrogens (tertiary/aromatic N) is 2. The normalized spacial score (nSPS) is 23.8. The van der Waals surface area contributed by atoms with E-state index in [2.05, 4.69) is 11.6 Å². The summed E-state index contributed by atoms with van der Waals surface area (Å²) in [6.45, 7) is 5.19. The van der Waals surface area contributed by atoms with Crippen molar-refractivity contribution in [2.45, 2.75) is 17.7 Å². The topological polar surface area (TPSA) is 41.6 Å². The summed E-state index contributed by atoms with van der Waals surface area (Å²) in [5, 5.41) is 0. The molecule has 1 fully saturated rings. The van der Waals surface area contributed by atoms with Crippen LogP contribution in [0, 0.1) is 28.7 Å². The number of benzene rings is 2. The molecule has 0 amide bonds. The molecule has 1 aliphatic heterocycles. The number of hydrogen-bond donors (Lipinski definition) is 1. The highest BCUT2D eigenvalue weighted by Gasteiger charge is 2.41. The van der Waals surface area contributed by atoms with Gasteiger partial charge >= 0.3 is 0 Å². The molecule has 2 aliphatic rings. The maximum absolute atomic E-state index is 13.6. The van der Waals surface area contributed by atoms with Crippen LogP contribution in [0.15, 0.2) is 82.4 Å². The van der Waals surface area contributed by atoms with Crippen molar-refractivity contribution in [3.05, 3.63) is 95.7 Å². The fourth-order valence-electron chi connectivity index (χ4n) is 4.05. The number of piperidine rings is 1. The second kappa shape index (κ2) is 8.96. The second-order valence-corrected chi connectivity index (χ2v) is 8.95. The molecule has 2 aromatic carbocycles. The Balaban J connectivity index is 1.61. The van der Waals surface area contributed by atoms with Gasteiger partial charge in [0, 0.05) is 23.4 Å². The van der Waals surface area contributed by atoms with Gasteiger partial charge < -0.3 is 5.73 Å². The van der Waals surface area contributed by atoms with Crippen molar-refractivity contribution in [2.75, 3.05) is 13.1 Å². The summed E-state index contributed by atoms with van der Waals surface area (Å²) in [4.78, 5) is 4.92. The van der Waals surface area contributed by atoms with Crippen LogP contribution in [0.25, 0.3) is 0 Å². The van der Waals surface area contributed by atoms with Gasteiger partial charge in [0.2, 0.25) is 0 Å². The average molecular weight is 460 g/mol. The van der Waals surface area contributed by atoms with Gasteiger partial charge in [-0.25, -0.2) is 26.9 Å². The average Bonchev–Trinajstić information content (AvgIpc) is 2.78. The summed E-state index contributed by atoms with van der Waals surface area (Å²) in [5.74, 6) is -4.23. The van der Waals surface area contributed by atoms with E-state index in [0.717, 1.165) is 29.0 Å². The Labute approximate surface area is 188 Å². The molecule has 0 aromatic heterocycles. The number of fused-ring (bicyclic) bond motifs is 1. The van der Waals surface area contributed by atoms with Crippen LogP contribution in [-0.4, -0.2) is 23.1 Å². The van der Waals surface area contributed by atoms with Crippen LogP contribution in [0.5, 0.6) is 0 Å². The van der Waals surface area contributed by atoms with Gasteiger partial charge in [0.1, 0.15) is 5.82 Å². The molecule has 32 heavy (non-hydrogen) atoms. The summed E-state index contributed by atoms with van der Waals surface area (Å²) in [5.41, 5.74) is 8.78. The van der Waals surface area contributed by atoms with Crippen LogP contribution in [0.4, 0.5) is 23.2 Å². The number of aliphatic imine (C=N–C) groups is 1.